The second-order valence-corrected chi connectivity index (χ2v) is 3.52. The van der Waals surface area contributed by atoms with Gasteiger partial charge < -0.3 is 13.7 Å². The maximum atomic E-state index is 10.6. The first-order chi connectivity index (χ1) is 6.98. The van der Waals surface area contributed by atoms with Crippen LogP contribution in [0.1, 0.15) is 0 Å². The van der Waals surface area contributed by atoms with Gasteiger partial charge in [0.15, 0.2) is 11.5 Å². The molecule has 1 rings (SSSR count). The fraction of sp³-hybridized carbons (Fsp3) is 0.250. The van der Waals surface area contributed by atoms with Crippen LogP contribution in [-0.4, -0.2) is 27.2 Å². The van der Waals surface area contributed by atoms with Crippen molar-refractivity contribution in [3.05, 3.63) is 18.2 Å². The molecule has 0 aliphatic carbocycles. The molecular formula is C8H10O6S. The van der Waals surface area contributed by atoms with E-state index >= 15 is 0 Å². The SMILES string of the molecule is COc1cccc(OC)c1OS(=O)(=O)O. The average Bonchev–Trinajstić information content (AvgIpc) is 2.16. The Balaban J connectivity index is 3.22. The minimum absolute atomic E-state index is 0.145. The molecule has 0 bridgehead atoms. The number of hydrogen-bond donors (Lipinski definition) is 1. The highest BCUT2D eigenvalue weighted by atomic mass is 32.3. The standard InChI is InChI=1S/C8H10O6S/c1-12-6-4-3-5-7(13-2)8(6)14-15(9,10)11/h3-5H,1-2H3,(H,9,10,11). The van der Waals surface area contributed by atoms with Gasteiger partial charge in [0, 0.05) is 0 Å². The molecule has 0 saturated carbocycles. The maximum Gasteiger partial charge on any atom is 0.446 e. The minimum atomic E-state index is -4.60. The van der Waals surface area contributed by atoms with Crippen LogP contribution in [0.15, 0.2) is 18.2 Å². The lowest BCUT2D eigenvalue weighted by Gasteiger charge is -2.10. The van der Waals surface area contributed by atoms with Gasteiger partial charge in [-0.15, -0.1) is 0 Å². The molecule has 0 radical (unpaired) electrons. The van der Waals surface area contributed by atoms with Crippen molar-refractivity contribution in [3.8, 4) is 17.2 Å². The summed E-state index contributed by atoms with van der Waals surface area (Å²) in [5.41, 5.74) is 0. The average molecular weight is 234 g/mol. The van der Waals surface area contributed by atoms with E-state index in [4.69, 9.17) is 14.0 Å². The van der Waals surface area contributed by atoms with E-state index in [1.807, 2.05) is 0 Å². The van der Waals surface area contributed by atoms with Crippen LogP contribution < -0.4 is 13.7 Å². The summed E-state index contributed by atoms with van der Waals surface area (Å²) in [6.45, 7) is 0. The van der Waals surface area contributed by atoms with Crippen molar-refractivity contribution in [2.24, 2.45) is 0 Å². The highest BCUT2D eigenvalue weighted by Gasteiger charge is 2.17. The minimum Gasteiger partial charge on any atom is -0.493 e. The lowest BCUT2D eigenvalue weighted by atomic mass is 10.3. The van der Waals surface area contributed by atoms with Gasteiger partial charge >= 0.3 is 10.4 Å². The quantitative estimate of drug-likeness (QED) is 0.779. The highest BCUT2D eigenvalue weighted by molar-refractivity contribution is 7.81. The summed E-state index contributed by atoms with van der Waals surface area (Å²) in [6, 6.07) is 4.54. The second-order valence-electron chi connectivity index (χ2n) is 2.50. The van der Waals surface area contributed by atoms with Crippen LogP contribution in [-0.2, 0) is 10.4 Å². The molecule has 1 aromatic rings. The van der Waals surface area contributed by atoms with Gasteiger partial charge in [-0.2, -0.15) is 8.42 Å². The van der Waals surface area contributed by atoms with Crippen molar-refractivity contribution in [1.29, 1.82) is 0 Å². The van der Waals surface area contributed by atoms with E-state index in [0.717, 1.165) is 0 Å². The summed E-state index contributed by atoms with van der Waals surface area (Å²) in [5.74, 6) is 0.101. The monoisotopic (exact) mass is 234 g/mol. The summed E-state index contributed by atoms with van der Waals surface area (Å²) < 4.78 is 43.7. The van der Waals surface area contributed by atoms with Crippen LogP contribution >= 0.6 is 0 Å². The molecule has 1 N–H and O–H groups in total. The smallest absolute Gasteiger partial charge is 0.446 e. The molecule has 0 amide bonds. The molecule has 84 valence electrons. The largest absolute Gasteiger partial charge is 0.493 e. The zero-order chi connectivity index (χ0) is 11.5. The predicted molar refractivity (Wildman–Crippen MR) is 51.7 cm³/mol. The Bertz CT molecular complexity index is 416. The first-order valence-electron chi connectivity index (χ1n) is 3.86. The first-order valence-corrected chi connectivity index (χ1v) is 5.22. The molecule has 6 nitrogen and oxygen atoms in total. The molecule has 0 aliphatic rings. The molecule has 0 heterocycles. The van der Waals surface area contributed by atoms with E-state index in [1.54, 1.807) is 6.07 Å². The van der Waals surface area contributed by atoms with Gasteiger partial charge in [0.1, 0.15) is 0 Å². The van der Waals surface area contributed by atoms with Gasteiger partial charge in [-0.3, -0.25) is 4.55 Å². The van der Waals surface area contributed by atoms with E-state index in [2.05, 4.69) is 4.18 Å². The Morgan fingerprint density at radius 3 is 1.93 bits per heavy atom. The lowest BCUT2D eigenvalue weighted by molar-refractivity contribution is 0.337. The molecule has 7 heteroatoms. The Kier molecular flexibility index (Phi) is 3.38. The summed E-state index contributed by atoms with van der Waals surface area (Å²) in [5, 5.41) is 0. The number of methoxy groups -OCH3 is 2. The van der Waals surface area contributed by atoms with Crippen molar-refractivity contribution >= 4 is 10.4 Å². The highest BCUT2D eigenvalue weighted by Crippen LogP contribution is 2.37. The molecule has 1 aromatic carbocycles. The van der Waals surface area contributed by atoms with Gasteiger partial charge in [0.2, 0.25) is 5.75 Å². The Morgan fingerprint density at radius 2 is 1.60 bits per heavy atom. The zero-order valence-corrected chi connectivity index (χ0v) is 8.95. The number of rotatable bonds is 4. The third kappa shape index (κ3) is 3.00. The van der Waals surface area contributed by atoms with Crippen molar-refractivity contribution < 1.29 is 26.6 Å². The lowest BCUT2D eigenvalue weighted by Crippen LogP contribution is -2.08. The maximum absolute atomic E-state index is 10.6. The van der Waals surface area contributed by atoms with E-state index in [-0.39, 0.29) is 17.2 Å². The summed E-state index contributed by atoms with van der Waals surface area (Å²) in [7, 11) is -1.92. The third-order valence-electron chi connectivity index (χ3n) is 1.57. The van der Waals surface area contributed by atoms with Crippen molar-refractivity contribution in [1.82, 2.24) is 0 Å². The van der Waals surface area contributed by atoms with Crippen LogP contribution in [0.5, 0.6) is 17.2 Å². The van der Waals surface area contributed by atoms with E-state index < -0.39 is 10.4 Å². The number of benzene rings is 1. The van der Waals surface area contributed by atoms with Crippen LogP contribution in [0.2, 0.25) is 0 Å². The van der Waals surface area contributed by atoms with Gasteiger partial charge in [-0.25, -0.2) is 0 Å². The molecule has 0 unspecified atom stereocenters. The third-order valence-corrected chi connectivity index (χ3v) is 1.95. The fourth-order valence-corrected chi connectivity index (χ4v) is 1.38. The van der Waals surface area contributed by atoms with Crippen molar-refractivity contribution in [2.75, 3.05) is 14.2 Å². The molecule has 0 spiro atoms. The van der Waals surface area contributed by atoms with E-state index in [9.17, 15) is 8.42 Å². The number of ether oxygens (including phenoxy) is 2. The summed E-state index contributed by atoms with van der Waals surface area (Å²) in [4.78, 5) is 0. The molecule has 0 atom stereocenters. The molecular weight excluding hydrogens is 224 g/mol. The van der Waals surface area contributed by atoms with Crippen molar-refractivity contribution in [2.45, 2.75) is 0 Å². The number of hydrogen-bond acceptors (Lipinski definition) is 5. The Hall–Kier alpha value is -1.47. The van der Waals surface area contributed by atoms with E-state index in [1.165, 1.54) is 26.4 Å². The van der Waals surface area contributed by atoms with Crippen LogP contribution in [0, 0.1) is 0 Å². The molecule has 0 aromatic heterocycles. The summed E-state index contributed by atoms with van der Waals surface area (Å²) >= 11 is 0. The first kappa shape index (κ1) is 11.6. The molecule has 0 aliphatic heterocycles. The van der Waals surface area contributed by atoms with Gasteiger partial charge in [-0.05, 0) is 12.1 Å². The Labute approximate surface area is 87.3 Å². The normalized spacial score (nSPS) is 10.9. The van der Waals surface area contributed by atoms with Gasteiger partial charge in [0.05, 0.1) is 14.2 Å². The fourth-order valence-electron chi connectivity index (χ4n) is 1.00. The summed E-state index contributed by atoms with van der Waals surface area (Å²) in [6.07, 6.45) is 0. The van der Waals surface area contributed by atoms with Crippen LogP contribution in [0.3, 0.4) is 0 Å². The molecule has 0 saturated heterocycles. The number of para-hydroxylation sites is 1. The van der Waals surface area contributed by atoms with Gasteiger partial charge in [0.25, 0.3) is 0 Å². The van der Waals surface area contributed by atoms with Crippen LogP contribution in [0.4, 0.5) is 0 Å². The zero-order valence-electron chi connectivity index (χ0n) is 8.13. The second kappa shape index (κ2) is 4.37. The van der Waals surface area contributed by atoms with Crippen molar-refractivity contribution in [3.63, 3.8) is 0 Å². The van der Waals surface area contributed by atoms with Crippen LogP contribution in [0.25, 0.3) is 0 Å². The Morgan fingerprint density at radius 1 is 1.13 bits per heavy atom. The predicted octanol–water partition coefficient (Wildman–Crippen LogP) is 0.885. The molecule has 15 heavy (non-hydrogen) atoms. The van der Waals surface area contributed by atoms with Gasteiger partial charge in [-0.1, -0.05) is 6.07 Å². The topological polar surface area (TPSA) is 82.1 Å². The molecule has 0 fully saturated rings. The van der Waals surface area contributed by atoms with E-state index in [0.29, 0.717) is 0 Å².